The van der Waals surface area contributed by atoms with Crippen LogP contribution in [-0.4, -0.2) is 23.4 Å². The minimum absolute atomic E-state index is 0.0624. The highest BCUT2D eigenvalue weighted by atomic mass is 16.5. The summed E-state index contributed by atoms with van der Waals surface area (Å²) >= 11 is 0. The van der Waals surface area contributed by atoms with Gasteiger partial charge in [-0.25, -0.2) is 0 Å². The molecular weight excluding hydrogens is 218 g/mol. The van der Waals surface area contributed by atoms with Crippen LogP contribution in [0, 0.1) is 0 Å². The van der Waals surface area contributed by atoms with Crippen LogP contribution in [0.3, 0.4) is 0 Å². The van der Waals surface area contributed by atoms with Crippen molar-refractivity contribution < 1.29 is 14.9 Å². The van der Waals surface area contributed by atoms with E-state index in [1.165, 1.54) is 7.11 Å². The van der Waals surface area contributed by atoms with Gasteiger partial charge in [-0.15, -0.1) is 0 Å². The maximum Gasteiger partial charge on any atom is 0.127 e. The van der Waals surface area contributed by atoms with Gasteiger partial charge in [0.05, 0.1) is 24.8 Å². The van der Waals surface area contributed by atoms with Crippen molar-refractivity contribution in [1.29, 1.82) is 0 Å². The Balaban J connectivity index is 2.90. The van der Waals surface area contributed by atoms with Gasteiger partial charge in [0.1, 0.15) is 11.5 Å². The number of nitrogens with two attached hydrogens (primary N) is 1. The van der Waals surface area contributed by atoms with Crippen LogP contribution < -0.4 is 10.5 Å². The Morgan fingerprint density at radius 1 is 1.41 bits per heavy atom. The van der Waals surface area contributed by atoms with E-state index in [0.29, 0.717) is 17.7 Å². The molecule has 2 atom stereocenters. The molecule has 0 aromatic heterocycles. The van der Waals surface area contributed by atoms with E-state index >= 15 is 0 Å². The highest BCUT2D eigenvalue weighted by Crippen LogP contribution is 2.34. The normalized spacial score (nSPS) is 14.4. The van der Waals surface area contributed by atoms with Gasteiger partial charge in [0.25, 0.3) is 0 Å². The fourth-order valence-electron chi connectivity index (χ4n) is 1.83. The van der Waals surface area contributed by atoms with Crippen molar-refractivity contribution in [3.63, 3.8) is 0 Å². The van der Waals surface area contributed by atoms with Gasteiger partial charge in [0.15, 0.2) is 0 Å². The van der Waals surface area contributed by atoms with Crippen LogP contribution in [0.25, 0.3) is 0 Å². The third kappa shape index (κ3) is 3.35. The van der Waals surface area contributed by atoms with Crippen LogP contribution in [0.5, 0.6) is 11.5 Å². The molecule has 1 rings (SSSR count). The van der Waals surface area contributed by atoms with Crippen molar-refractivity contribution >= 4 is 0 Å². The van der Waals surface area contributed by atoms with Gasteiger partial charge < -0.3 is 20.7 Å². The smallest absolute Gasteiger partial charge is 0.127 e. The number of hydrogen-bond donors (Lipinski definition) is 3. The maximum atomic E-state index is 9.95. The first-order valence-electron chi connectivity index (χ1n) is 5.91. The van der Waals surface area contributed by atoms with E-state index in [1.54, 1.807) is 18.2 Å². The van der Waals surface area contributed by atoms with E-state index in [2.05, 4.69) is 6.92 Å². The van der Waals surface area contributed by atoms with Gasteiger partial charge >= 0.3 is 0 Å². The summed E-state index contributed by atoms with van der Waals surface area (Å²) in [6, 6.07) is 4.33. The van der Waals surface area contributed by atoms with E-state index in [4.69, 9.17) is 10.5 Å². The summed E-state index contributed by atoms with van der Waals surface area (Å²) in [6.07, 6.45) is 1.86. The Hall–Kier alpha value is -1.26. The van der Waals surface area contributed by atoms with E-state index in [-0.39, 0.29) is 5.75 Å². The van der Waals surface area contributed by atoms with Crippen LogP contribution in [-0.2, 0) is 0 Å². The largest absolute Gasteiger partial charge is 0.507 e. The summed E-state index contributed by atoms with van der Waals surface area (Å²) in [5.74, 6) is 0.570. The molecule has 0 aliphatic carbocycles. The summed E-state index contributed by atoms with van der Waals surface area (Å²) in [5, 5.41) is 19.8. The molecule has 0 aliphatic heterocycles. The van der Waals surface area contributed by atoms with Gasteiger partial charge in [0, 0.05) is 0 Å². The molecule has 0 unspecified atom stereocenters. The summed E-state index contributed by atoms with van der Waals surface area (Å²) in [5.41, 5.74) is 6.44. The molecule has 0 saturated carbocycles. The number of benzene rings is 1. The zero-order valence-corrected chi connectivity index (χ0v) is 10.4. The molecule has 0 spiro atoms. The second kappa shape index (κ2) is 6.47. The third-order valence-electron chi connectivity index (χ3n) is 2.86. The summed E-state index contributed by atoms with van der Waals surface area (Å²) in [4.78, 5) is 0. The minimum atomic E-state index is -0.669. The molecule has 0 amide bonds. The average molecular weight is 239 g/mol. The van der Waals surface area contributed by atoms with E-state index in [1.807, 2.05) is 0 Å². The molecule has 0 radical (unpaired) electrons. The first-order chi connectivity index (χ1) is 8.11. The van der Waals surface area contributed by atoms with Crippen molar-refractivity contribution in [2.24, 2.45) is 5.73 Å². The predicted octanol–water partition coefficient (Wildman–Crippen LogP) is 1.95. The lowest BCUT2D eigenvalue weighted by Crippen LogP contribution is -2.26. The topological polar surface area (TPSA) is 75.7 Å². The molecule has 1 aromatic rings. The Morgan fingerprint density at radius 2 is 2.12 bits per heavy atom. The maximum absolute atomic E-state index is 9.95. The average Bonchev–Trinajstić information content (AvgIpc) is 2.34. The number of aliphatic hydroxyl groups excluding tert-OH is 1. The first-order valence-corrected chi connectivity index (χ1v) is 5.91. The molecule has 96 valence electrons. The number of unbranched alkanes of at least 4 members (excludes halogenated alkanes) is 1. The van der Waals surface area contributed by atoms with Crippen molar-refractivity contribution in [1.82, 2.24) is 0 Å². The lowest BCUT2D eigenvalue weighted by atomic mass is 9.97. The lowest BCUT2D eigenvalue weighted by Gasteiger charge is -2.21. The molecule has 0 aliphatic rings. The van der Waals surface area contributed by atoms with E-state index < -0.39 is 12.1 Å². The highest BCUT2D eigenvalue weighted by Gasteiger charge is 2.22. The van der Waals surface area contributed by atoms with Gasteiger partial charge in [-0.2, -0.15) is 0 Å². The van der Waals surface area contributed by atoms with Gasteiger partial charge in [-0.05, 0) is 18.6 Å². The standard InChI is InChI=1S/C13H21NO3/c1-3-4-6-10(16)13(14)12-9(15)7-5-8-11(12)17-2/h5,7-8,10,13,15-16H,3-4,6,14H2,1-2H3/t10-,13-/m0/s1. The Labute approximate surface area is 102 Å². The van der Waals surface area contributed by atoms with Crippen molar-refractivity contribution in [2.75, 3.05) is 7.11 Å². The second-order valence-electron chi connectivity index (χ2n) is 4.13. The third-order valence-corrected chi connectivity index (χ3v) is 2.86. The molecule has 0 heterocycles. The zero-order valence-electron chi connectivity index (χ0n) is 10.4. The van der Waals surface area contributed by atoms with Gasteiger partial charge in [-0.3, -0.25) is 0 Å². The molecule has 0 fully saturated rings. The Kier molecular flexibility index (Phi) is 5.25. The number of aromatic hydroxyl groups is 1. The SMILES string of the molecule is CCCC[C@H](O)[C@H](N)c1c(O)cccc1OC. The molecule has 0 bridgehead atoms. The fourth-order valence-corrected chi connectivity index (χ4v) is 1.83. The first kappa shape index (κ1) is 13.8. The predicted molar refractivity (Wildman–Crippen MR) is 67.1 cm³/mol. The number of hydrogen-bond acceptors (Lipinski definition) is 4. The van der Waals surface area contributed by atoms with Crippen molar-refractivity contribution in [2.45, 2.75) is 38.3 Å². The molecule has 17 heavy (non-hydrogen) atoms. The molecule has 1 aromatic carbocycles. The molecular formula is C13H21NO3. The highest BCUT2D eigenvalue weighted by molar-refractivity contribution is 5.46. The number of ether oxygens (including phenoxy) is 1. The molecule has 0 saturated heterocycles. The summed E-state index contributed by atoms with van der Waals surface area (Å²) in [6.45, 7) is 2.05. The van der Waals surface area contributed by atoms with Crippen molar-refractivity contribution in [3.05, 3.63) is 23.8 Å². The molecule has 4 heteroatoms. The van der Waals surface area contributed by atoms with Crippen molar-refractivity contribution in [3.8, 4) is 11.5 Å². The van der Waals surface area contributed by atoms with Crippen LogP contribution in [0.2, 0.25) is 0 Å². The van der Waals surface area contributed by atoms with Crippen LogP contribution in [0.15, 0.2) is 18.2 Å². The van der Waals surface area contributed by atoms with Crippen LogP contribution in [0.1, 0.15) is 37.8 Å². The number of aliphatic hydroxyl groups is 1. The second-order valence-corrected chi connectivity index (χ2v) is 4.13. The minimum Gasteiger partial charge on any atom is -0.507 e. The zero-order chi connectivity index (χ0) is 12.8. The number of rotatable bonds is 6. The summed E-state index contributed by atoms with van der Waals surface area (Å²) in [7, 11) is 1.52. The number of phenols is 1. The lowest BCUT2D eigenvalue weighted by molar-refractivity contribution is 0.130. The fraction of sp³-hybridized carbons (Fsp3) is 0.538. The Bertz CT molecular complexity index is 355. The van der Waals surface area contributed by atoms with Gasteiger partial charge in [-0.1, -0.05) is 25.8 Å². The van der Waals surface area contributed by atoms with E-state index in [0.717, 1.165) is 12.8 Å². The molecule has 4 N–H and O–H groups in total. The molecule has 4 nitrogen and oxygen atoms in total. The van der Waals surface area contributed by atoms with Gasteiger partial charge in [0.2, 0.25) is 0 Å². The Morgan fingerprint density at radius 3 is 2.71 bits per heavy atom. The number of phenolic OH excluding ortho intramolecular Hbond substituents is 1. The van der Waals surface area contributed by atoms with Crippen LogP contribution >= 0.6 is 0 Å². The number of methoxy groups -OCH3 is 1. The van der Waals surface area contributed by atoms with Crippen LogP contribution in [0.4, 0.5) is 0 Å². The summed E-state index contributed by atoms with van der Waals surface area (Å²) < 4.78 is 5.15. The quantitative estimate of drug-likeness (QED) is 0.709. The monoisotopic (exact) mass is 239 g/mol. The van der Waals surface area contributed by atoms with E-state index in [9.17, 15) is 10.2 Å².